The van der Waals surface area contributed by atoms with E-state index in [9.17, 15) is 17.2 Å². The van der Waals surface area contributed by atoms with Gasteiger partial charge in [-0.2, -0.15) is 17.2 Å². The molecule has 0 saturated carbocycles. The summed E-state index contributed by atoms with van der Waals surface area (Å²) in [6.45, 7) is 0. The molecule has 0 aliphatic rings. The molecule has 0 rings (SSSR count). The van der Waals surface area contributed by atoms with Crippen LogP contribution in [0.25, 0.3) is 0 Å². The highest BCUT2D eigenvalue weighted by atomic mass is 32.2. The fourth-order valence-electron chi connectivity index (χ4n) is 0.372. The fraction of sp³-hybridized carbons (Fsp3) is 1.00. The Morgan fingerprint density at radius 3 is 2.08 bits per heavy atom. The van der Waals surface area contributed by atoms with Gasteiger partial charge in [-0.3, -0.25) is 4.18 Å². The van der Waals surface area contributed by atoms with Crippen molar-refractivity contribution in [1.29, 1.82) is 0 Å². The molecule has 74 valence electrons. The summed E-state index contributed by atoms with van der Waals surface area (Å²) in [4.78, 5) is 0. The monoisotopic (exact) mass is 206 g/mol. The van der Waals surface area contributed by atoms with Crippen molar-refractivity contribution in [1.82, 2.24) is 0 Å². The number of aliphatic hydroxyl groups is 1. The van der Waals surface area contributed by atoms with Crippen LogP contribution in [0.1, 0.15) is 0 Å². The molecule has 0 radical (unpaired) electrons. The average Bonchev–Trinajstić information content (AvgIpc) is 2.02. The smallest absolute Gasteiger partial charge is 0.362 e. The van der Waals surface area contributed by atoms with Gasteiger partial charge in [-0.25, -0.2) is 0 Å². The molecule has 8 heteroatoms. The lowest BCUT2D eigenvalue weighted by atomic mass is 10.7. The third-order valence-electron chi connectivity index (χ3n) is 1.06. The summed E-state index contributed by atoms with van der Waals surface area (Å²) in [5.74, 6) is 0. The molecule has 0 saturated heterocycles. The van der Waals surface area contributed by atoms with E-state index in [0.29, 0.717) is 7.11 Å². The van der Waals surface area contributed by atoms with Crippen molar-refractivity contribution >= 4 is 10.1 Å². The minimum Gasteiger partial charge on any atom is -0.362 e. The number of alkyl halides is 2. The van der Waals surface area contributed by atoms with Crippen LogP contribution in [0.5, 0.6) is 0 Å². The maximum absolute atomic E-state index is 12.5. The molecular formula is C4H8F2O5S. The maximum Gasteiger partial charge on any atom is 0.419 e. The van der Waals surface area contributed by atoms with Crippen molar-refractivity contribution in [2.24, 2.45) is 0 Å². The highest BCUT2D eigenvalue weighted by molar-refractivity contribution is 7.87. The van der Waals surface area contributed by atoms with Gasteiger partial charge in [0.1, 0.15) is 0 Å². The zero-order chi connectivity index (χ0) is 9.99. The first-order valence-electron chi connectivity index (χ1n) is 2.68. The van der Waals surface area contributed by atoms with Crippen molar-refractivity contribution in [2.45, 2.75) is 11.5 Å². The minimum absolute atomic E-state index is 0.561. The van der Waals surface area contributed by atoms with Gasteiger partial charge in [0.15, 0.2) is 0 Å². The van der Waals surface area contributed by atoms with E-state index in [1.54, 1.807) is 0 Å². The van der Waals surface area contributed by atoms with Crippen LogP contribution in [0.2, 0.25) is 0 Å². The largest absolute Gasteiger partial charge is 0.419 e. The van der Waals surface area contributed by atoms with Gasteiger partial charge in [0.25, 0.3) is 0 Å². The van der Waals surface area contributed by atoms with Crippen molar-refractivity contribution < 1.29 is 31.2 Å². The Morgan fingerprint density at radius 1 is 1.42 bits per heavy atom. The normalized spacial score (nSPS) is 16.1. The van der Waals surface area contributed by atoms with E-state index in [0.717, 1.165) is 7.11 Å². The molecule has 0 bridgehead atoms. The van der Waals surface area contributed by atoms with E-state index in [1.165, 1.54) is 0 Å². The zero-order valence-electron chi connectivity index (χ0n) is 6.32. The summed E-state index contributed by atoms with van der Waals surface area (Å²) < 4.78 is 53.1. The minimum atomic E-state index is -5.12. The van der Waals surface area contributed by atoms with Crippen LogP contribution in [0.3, 0.4) is 0 Å². The SMILES string of the molecule is COC(O)C(F)(F)S(=O)(=O)OC. The second-order valence-electron chi connectivity index (χ2n) is 1.77. The number of aliphatic hydroxyl groups excluding tert-OH is 1. The lowest BCUT2D eigenvalue weighted by Crippen LogP contribution is -2.42. The van der Waals surface area contributed by atoms with Gasteiger partial charge in [-0.15, -0.1) is 0 Å². The molecule has 0 spiro atoms. The molecule has 1 N–H and O–H groups in total. The van der Waals surface area contributed by atoms with E-state index < -0.39 is 21.7 Å². The van der Waals surface area contributed by atoms with Gasteiger partial charge in [-0.1, -0.05) is 0 Å². The molecule has 12 heavy (non-hydrogen) atoms. The summed E-state index contributed by atoms with van der Waals surface area (Å²) in [5.41, 5.74) is 0. The van der Waals surface area contributed by atoms with E-state index in [1.807, 2.05) is 0 Å². The van der Waals surface area contributed by atoms with Crippen LogP contribution < -0.4 is 0 Å². The molecule has 1 unspecified atom stereocenters. The van der Waals surface area contributed by atoms with Crippen LogP contribution in [0, 0.1) is 0 Å². The molecule has 1 atom stereocenters. The molecule has 0 amide bonds. The first-order valence-corrected chi connectivity index (χ1v) is 4.09. The second-order valence-corrected chi connectivity index (χ2v) is 3.56. The Hall–Kier alpha value is -0.310. The van der Waals surface area contributed by atoms with Crippen LogP contribution in [0.4, 0.5) is 8.78 Å². The summed E-state index contributed by atoms with van der Waals surface area (Å²) in [5, 5.41) is 3.96. The third kappa shape index (κ3) is 1.89. The van der Waals surface area contributed by atoms with Gasteiger partial charge >= 0.3 is 15.4 Å². The number of halogens is 2. The van der Waals surface area contributed by atoms with Crippen LogP contribution >= 0.6 is 0 Å². The van der Waals surface area contributed by atoms with Crippen molar-refractivity contribution in [2.75, 3.05) is 14.2 Å². The predicted octanol–water partition coefficient (Wildman–Crippen LogP) is -0.480. The standard InChI is InChI=1S/C4H8F2O5S/c1-10-3(7)4(5,6)12(8,9)11-2/h3,7H,1-2H3. The summed E-state index contributed by atoms with van der Waals surface area (Å²) in [6, 6.07) is 0. The highest BCUT2D eigenvalue weighted by Crippen LogP contribution is 2.27. The highest BCUT2D eigenvalue weighted by Gasteiger charge is 2.53. The third-order valence-corrected chi connectivity index (χ3v) is 2.37. The quantitative estimate of drug-likeness (QED) is 0.496. The summed E-state index contributed by atoms with van der Waals surface area (Å²) in [6.07, 6.45) is -2.73. The van der Waals surface area contributed by atoms with Gasteiger partial charge in [0, 0.05) is 7.11 Å². The van der Waals surface area contributed by atoms with Crippen LogP contribution in [0.15, 0.2) is 0 Å². The topological polar surface area (TPSA) is 72.8 Å². The average molecular weight is 206 g/mol. The Kier molecular flexibility index (Phi) is 3.51. The van der Waals surface area contributed by atoms with E-state index >= 15 is 0 Å². The summed E-state index contributed by atoms with van der Waals surface area (Å²) >= 11 is 0. The lowest BCUT2D eigenvalue weighted by molar-refractivity contribution is -0.183. The Bertz CT molecular complexity index is 236. The number of hydrogen-bond donors (Lipinski definition) is 1. The van der Waals surface area contributed by atoms with Gasteiger partial charge in [0.05, 0.1) is 7.11 Å². The molecular weight excluding hydrogens is 198 g/mol. The zero-order valence-corrected chi connectivity index (χ0v) is 7.14. The fourth-order valence-corrected chi connectivity index (χ4v) is 0.937. The van der Waals surface area contributed by atoms with E-state index in [4.69, 9.17) is 5.11 Å². The first kappa shape index (κ1) is 11.7. The molecule has 0 aromatic heterocycles. The molecule has 0 heterocycles. The van der Waals surface area contributed by atoms with Crippen LogP contribution in [-0.4, -0.2) is 39.3 Å². The Morgan fingerprint density at radius 2 is 1.83 bits per heavy atom. The first-order chi connectivity index (χ1) is 5.29. The Balaban J connectivity index is 4.85. The second kappa shape index (κ2) is 3.60. The summed E-state index contributed by atoms with van der Waals surface area (Å²) in [7, 11) is -3.82. The van der Waals surface area contributed by atoms with Crippen molar-refractivity contribution in [3.05, 3.63) is 0 Å². The van der Waals surface area contributed by atoms with Gasteiger partial charge in [-0.05, 0) is 0 Å². The van der Waals surface area contributed by atoms with E-state index in [-0.39, 0.29) is 0 Å². The molecule has 0 aromatic rings. The number of methoxy groups -OCH3 is 1. The lowest BCUT2D eigenvalue weighted by Gasteiger charge is -2.19. The van der Waals surface area contributed by atoms with Gasteiger partial charge in [0.2, 0.25) is 6.29 Å². The van der Waals surface area contributed by atoms with Crippen molar-refractivity contribution in [3.8, 4) is 0 Å². The molecule has 5 nitrogen and oxygen atoms in total. The van der Waals surface area contributed by atoms with Crippen LogP contribution in [-0.2, 0) is 19.0 Å². The number of hydrogen-bond acceptors (Lipinski definition) is 5. The molecule has 0 aliphatic heterocycles. The Labute approximate surface area is 68.0 Å². The molecule has 0 fully saturated rings. The molecule has 0 aliphatic carbocycles. The van der Waals surface area contributed by atoms with Gasteiger partial charge < -0.3 is 9.84 Å². The number of ether oxygens (including phenoxy) is 1. The predicted molar refractivity (Wildman–Crippen MR) is 33.9 cm³/mol. The van der Waals surface area contributed by atoms with E-state index in [2.05, 4.69) is 8.92 Å². The maximum atomic E-state index is 12.5. The number of rotatable bonds is 4. The molecule has 0 aromatic carbocycles. The van der Waals surface area contributed by atoms with Crippen molar-refractivity contribution in [3.63, 3.8) is 0 Å².